The van der Waals surface area contributed by atoms with Crippen LogP contribution in [0.15, 0.2) is 4.52 Å². The zero-order valence-corrected chi connectivity index (χ0v) is 12.0. The summed E-state index contributed by atoms with van der Waals surface area (Å²) in [6.07, 6.45) is 0.151. The molecule has 0 saturated carbocycles. The maximum absolute atomic E-state index is 9.53. The largest absolute Gasteiger partial charge is 0.392 e. The van der Waals surface area contributed by atoms with Gasteiger partial charge in [-0.1, -0.05) is 5.16 Å². The first kappa shape index (κ1) is 13.9. The van der Waals surface area contributed by atoms with Crippen LogP contribution in [0.1, 0.15) is 44.1 Å². The van der Waals surface area contributed by atoms with E-state index < -0.39 is 0 Å². The Morgan fingerprint density at radius 1 is 1.45 bits per heavy atom. The average Bonchev–Trinajstić information content (AvgIpc) is 3.07. The first-order chi connectivity index (χ1) is 9.63. The molecule has 7 nitrogen and oxygen atoms in total. The lowest BCUT2D eigenvalue weighted by molar-refractivity contribution is -0.0450. The number of nitrogens with one attached hydrogen (secondary N) is 1. The Morgan fingerprint density at radius 3 is 3.00 bits per heavy atom. The van der Waals surface area contributed by atoms with Crippen molar-refractivity contribution in [2.24, 2.45) is 0 Å². The van der Waals surface area contributed by atoms with Gasteiger partial charge in [-0.2, -0.15) is 4.98 Å². The van der Waals surface area contributed by atoms with Crippen LogP contribution in [-0.2, 0) is 4.74 Å². The molecule has 0 amide bonds. The van der Waals surface area contributed by atoms with Crippen molar-refractivity contribution in [1.29, 1.82) is 0 Å². The van der Waals surface area contributed by atoms with Crippen molar-refractivity contribution < 1.29 is 14.4 Å². The monoisotopic (exact) mass is 282 g/mol. The molecule has 112 valence electrons. The van der Waals surface area contributed by atoms with Gasteiger partial charge in [0.05, 0.1) is 18.8 Å². The van der Waals surface area contributed by atoms with E-state index in [1.54, 1.807) is 0 Å². The quantitative estimate of drug-likeness (QED) is 0.822. The third kappa shape index (κ3) is 2.85. The molecule has 2 fully saturated rings. The van der Waals surface area contributed by atoms with Crippen LogP contribution < -0.4 is 5.32 Å². The van der Waals surface area contributed by atoms with E-state index in [1.807, 2.05) is 0 Å². The molecule has 2 N–H and O–H groups in total. The standard InChI is InChI=1S/C13H22N4O3/c1-8(2)17-3-4-19-11(7-17)12-15-13(20-16-12)10-5-9(18)6-14-10/h8-11,14,18H,3-7H2,1-2H3/t9-,10-,11?/m1/s1. The summed E-state index contributed by atoms with van der Waals surface area (Å²) in [5, 5.41) is 16.7. The first-order valence-electron chi connectivity index (χ1n) is 7.24. The molecule has 0 spiro atoms. The lowest BCUT2D eigenvalue weighted by Crippen LogP contribution is -2.42. The molecule has 7 heteroatoms. The van der Waals surface area contributed by atoms with Crippen LogP contribution >= 0.6 is 0 Å². The number of aliphatic hydroxyl groups is 1. The van der Waals surface area contributed by atoms with Crippen molar-refractivity contribution in [2.75, 3.05) is 26.2 Å². The van der Waals surface area contributed by atoms with Crippen LogP contribution in [0.3, 0.4) is 0 Å². The predicted octanol–water partition coefficient (Wildman–Crippen LogP) is 0.247. The van der Waals surface area contributed by atoms with Gasteiger partial charge in [0, 0.05) is 25.7 Å². The van der Waals surface area contributed by atoms with Crippen LogP contribution in [0, 0.1) is 0 Å². The highest BCUT2D eigenvalue weighted by Crippen LogP contribution is 2.25. The number of morpholine rings is 1. The second-order valence-electron chi connectivity index (χ2n) is 5.79. The molecule has 2 aliphatic heterocycles. The summed E-state index contributed by atoms with van der Waals surface area (Å²) in [6.45, 7) is 7.34. The number of aliphatic hydroxyl groups excluding tert-OH is 1. The second kappa shape index (κ2) is 5.77. The Hall–Kier alpha value is -1.02. The van der Waals surface area contributed by atoms with Crippen molar-refractivity contribution in [3.8, 4) is 0 Å². The van der Waals surface area contributed by atoms with Gasteiger partial charge in [0.1, 0.15) is 6.10 Å². The first-order valence-corrected chi connectivity index (χ1v) is 7.24. The van der Waals surface area contributed by atoms with Gasteiger partial charge in [0.2, 0.25) is 11.7 Å². The highest BCUT2D eigenvalue weighted by molar-refractivity contribution is 5.00. The third-order valence-corrected chi connectivity index (χ3v) is 3.98. The molecular weight excluding hydrogens is 260 g/mol. The van der Waals surface area contributed by atoms with Gasteiger partial charge in [-0.25, -0.2) is 0 Å². The fourth-order valence-corrected chi connectivity index (χ4v) is 2.72. The van der Waals surface area contributed by atoms with Crippen molar-refractivity contribution in [3.63, 3.8) is 0 Å². The Bertz CT molecular complexity index is 451. The number of ether oxygens (including phenoxy) is 1. The summed E-state index contributed by atoms with van der Waals surface area (Å²) in [7, 11) is 0. The van der Waals surface area contributed by atoms with E-state index in [0.29, 0.717) is 37.3 Å². The minimum atomic E-state index is -0.335. The zero-order valence-electron chi connectivity index (χ0n) is 12.0. The Kier molecular flexibility index (Phi) is 4.02. The summed E-state index contributed by atoms with van der Waals surface area (Å²) in [5.74, 6) is 1.15. The van der Waals surface area contributed by atoms with Gasteiger partial charge in [0.25, 0.3) is 0 Å². The van der Waals surface area contributed by atoms with Gasteiger partial charge in [-0.3, -0.25) is 4.90 Å². The summed E-state index contributed by atoms with van der Waals surface area (Å²) in [6, 6.07) is 0.440. The maximum atomic E-state index is 9.53. The summed E-state index contributed by atoms with van der Waals surface area (Å²) in [5.41, 5.74) is 0. The van der Waals surface area contributed by atoms with Crippen LogP contribution in [0.2, 0.25) is 0 Å². The smallest absolute Gasteiger partial charge is 0.243 e. The molecule has 3 atom stereocenters. The summed E-state index contributed by atoms with van der Waals surface area (Å²) >= 11 is 0. The van der Waals surface area contributed by atoms with E-state index in [-0.39, 0.29) is 18.2 Å². The van der Waals surface area contributed by atoms with Crippen molar-refractivity contribution in [2.45, 2.75) is 44.6 Å². The van der Waals surface area contributed by atoms with Gasteiger partial charge >= 0.3 is 0 Å². The molecule has 0 aromatic carbocycles. The van der Waals surface area contributed by atoms with Crippen molar-refractivity contribution >= 4 is 0 Å². The number of aromatic nitrogens is 2. The molecule has 0 radical (unpaired) electrons. The molecule has 1 aromatic heterocycles. The number of rotatable bonds is 3. The second-order valence-corrected chi connectivity index (χ2v) is 5.79. The molecule has 3 heterocycles. The van der Waals surface area contributed by atoms with Crippen LogP contribution in [0.5, 0.6) is 0 Å². The molecule has 3 rings (SSSR count). The number of hydrogen-bond donors (Lipinski definition) is 2. The number of β-amino-alcohol motifs (C(OH)–C–C–N with tert-alkyl or cyclic N) is 1. The lowest BCUT2D eigenvalue weighted by Gasteiger charge is -2.34. The normalized spacial score (nSPS) is 32.1. The lowest BCUT2D eigenvalue weighted by atomic mass is 10.2. The van der Waals surface area contributed by atoms with E-state index in [2.05, 4.69) is 34.2 Å². The van der Waals surface area contributed by atoms with E-state index in [0.717, 1.165) is 13.1 Å². The third-order valence-electron chi connectivity index (χ3n) is 3.98. The van der Waals surface area contributed by atoms with E-state index in [1.165, 1.54) is 0 Å². The Morgan fingerprint density at radius 2 is 2.30 bits per heavy atom. The van der Waals surface area contributed by atoms with Crippen molar-refractivity contribution in [1.82, 2.24) is 20.4 Å². The highest BCUT2D eigenvalue weighted by atomic mass is 16.5. The zero-order chi connectivity index (χ0) is 14.1. The van der Waals surface area contributed by atoms with E-state index >= 15 is 0 Å². The maximum Gasteiger partial charge on any atom is 0.243 e. The van der Waals surface area contributed by atoms with Gasteiger partial charge in [-0.15, -0.1) is 0 Å². The average molecular weight is 282 g/mol. The SMILES string of the molecule is CC(C)N1CCOC(c2noc([C@H]3C[C@@H](O)CN3)n2)C1. The number of nitrogens with zero attached hydrogens (tertiary/aromatic N) is 3. The topological polar surface area (TPSA) is 83.7 Å². The van der Waals surface area contributed by atoms with Crippen LogP contribution in [0.4, 0.5) is 0 Å². The predicted molar refractivity (Wildman–Crippen MR) is 71.1 cm³/mol. The van der Waals surface area contributed by atoms with E-state index in [4.69, 9.17) is 9.26 Å². The minimum Gasteiger partial charge on any atom is -0.392 e. The minimum absolute atomic E-state index is 0.0453. The van der Waals surface area contributed by atoms with Gasteiger partial charge < -0.3 is 19.7 Å². The molecular formula is C13H22N4O3. The fraction of sp³-hybridized carbons (Fsp3) is 0.846. The molecule has 2 saturated heterocycles. The highest BCUT2D eigenvalue weighted by Gasteiger charge is 2.31. The van der Waals surface area contributed by atoms with E-state index in [9.17, 15) is 5.11 Å². The molecule has 1 unspecified atom stereocenters. The van der Waals surface area contributed by atoms with Crippen LogP contribution in [0.25, 0.3) is 0 Å². The van der Waals surface area contributed by atoms with Crippen LogP contribution in [-0.4, -0.2) is 58.5 Å². The van der Waals surface area contributed by atoms with Crippen molar-refractivity contribution in [3.05, 3.63) is 11.7 Å². The summed E-state index contributed by atoms with van der Waals surface area (Å²) in [4.78, 5) is 6.79. The molecule has 20 heavy (non-hydrogen) atoms. The van der Waals surface area contributed by atoms with Gasteiger partial charge in [-0.05, 0) is 20.3 Å². The molecule has 0 aliphatic carbocycles. The molecule has 2 aliphatic rings. The summed E-state index contributed by atoms with van der Waals surface area (Å²) < 4.78 is 11.1. The Balaban J connectivity index is 1.67. The molecule has 0 bridgehead atoms. The van der Waals surface area contributed by atoms with Gasteiger partial charge in [0.15, 0.2) is 0 Å². The number of hydrogen-bond acceptors (Lipinski definition) is 7. The Labute approximate surface area is 118 Å². The fourth-order valence-electron chi connectivity index (χ4n) is 2.72. The molecule has 1 aromatic rings.